The van der Waals surface area contributed by atoms with Crippen molar-refractivity contribution in [1.82, 2.24) is 4.98 Å². The molecule has 0 aliphatic carbocycles. The Kier molecular flexibility index (Phi) is 2.38. The molecule has 2 rings (SSSR count). The predicted molar refractivity (Wildman–Crippen MR) is 53.5 cm³/mol. The predicted octanol–water partition coefficient (Wildman–Crippen LogP) is 2.30. The van der Waals surface area contributed by atoms with Gasteiger partial charge in [-0.3, -0.25) is 4.98 Å². The van der Waals surface area contributed by atoms with Crippen molar-refractivity contribution in [2.45, 2.75) is 6.61 Å². The Labute approximate surface area is 80.5 Å². The Morgan fingerprint density at radius 1 is 1.38 bits per heavy atom. The number of hydrogen-bond acceptors (Lipinski definition) is 3. The first-order valence-electron chi connectivity index (χ1n) is 4.00. The maximum absolute atomic E-state index is 8.94. The van der Waals surface area contributed by atoms with Gasteiger partial charge in [-0.15, -0.1) is 11.3 Å². The SMILES string of the molecule is OCc1ccnc(-c2cccs2)c1. The number of aliphatic hydroxyl groups excluding tert-OH is 1. The maximum atomic E-state index is 8.94. The van der Waals surface area contributed by atoms with Gasteiger partial charge in [0.05, 0.1) is 17.2 Å². The third-order valence-electron chi connectivity index (χ3n) is 1.78. The standard InChI is InChI=1S/C10H9NOS/c12-7-8-3-4-11-9(6-8)10-2-1-5-13-10/h1-6,12H,7H2. The fraction of sp³-hybridized carbons (Fsp3) is 0.100. The van der Waals surface area contributed by atoms with Gasteiger partial charge in [-0.05, 0) is 29.1 Å². The fourth-order valence-electron chi connectivity index (χ4n) is 1.13. The van der Waals surface area contributed by atoms with Gasteiger partial charge in [-0.25, -0.2) is 0 Å². The minimum absolute atomic E-state index is 0.0703. The minimum atomic E-state index is 0.0703. The Morgan fingerprint density at radius 3 is 3.00 bits per heavy atom. The topological polar surface area (TPSA) is 33.1 Å². The molecule has 3 heteroatoms. The van der Waals surface area contributed by atoms with Crippen molar-refractivity contribution < 1.29 is 5.11 Å². The number of aliphatic hydroxyl groups is 1. The molecule has 0 atom stereocenters. The van der Waals surface area contributed by atoms with E-state index in [0.29, 0.717) is 0 Å². The van der Waals surface area contributed by atoms with Crippen LogP contribution in [0.1, 0.15) is 5.56 Å². The van der Waals surface area contributed by atoms with E-state index in [1.54, 1.807) is 17.5 Å². The summed E-state index contributed by atoms with van der Waals surface area (Å²) in [5, 5.41) is 11.0. The molecule has 0 aliphatic rings. The molecule has 0 unspecified atom stereocenters. The lowest BCUT2D eigenvalue weighted by Gasteiger charge is -1.98. The molecule has 66 valence electrons. The first-order valence-corrected chi connectivity index (χ1v) is 4.88. The van der Waals surface area contributed by atoms with Gasteiger partial charge in [-0.1, -0.05) is 6.07 Å². The van der Waals surface area contributed by atoms with Gasteiger partial charge in [0.25, 0.3) is 0 Å². The molecule has 2 aromatic rings. The summed E-state index contributed by atoms with van der Waals surface area (Å²) in [5.41, 5.74) is 1.83. The quantitative estimate of drug-likeness (QED) is 0.790. The van der Waals surface area contributed by atoms with Gasteiger partial charge in [0.1, 0.15) is 0 Å². The molecule has 0 amide bonds. The second-order valence-electron chi connectivity index (χ2n) is 2.68. The summed E-state index contributed by atoms with van der Waals surface area (Å²) in [6, 6.07) is 7.74. The van der Waals surface area contributed by atoms with Gasteiger partial charge in [-0.2, -0.15) is 0 Å². The van der Waals surface area contributed by atoms with Crippen LogP contribution < -0.4 is 0 Å². The number of pyridine rings is 1. The summed E-state index contributed by atoms with van der Waals surface area (Å²) in [6.07, 6.45) is 1.72. The highest BCUT2D eigenvalue weighted by atomic mass is 32.1. The summed E-state index contributed by atoms with van der Waals surface area (Å²) in [6.45, 7) is 0.0703. The van der Waals surface area contributed by atoms with E-state index in [4.69, 9.17) is 5.11 Å². The normalized spacial score (nSPS) is 10.2. The Balaban J connectivity index is 2.41. The Bertz CT molecular complexity index is 384. The molecule has 0 bridgehead atoms. The second-order valence-corrected chi connectivity index (χ2v) is 3.63. The number of aromatic nitrogens is 1. The summed E-state index contributed by atoms with van der Waals surface area (Å²) in [7, 11) is 0. The zero-order valence-electron chi connectivity index (χ0n) is 6.97. The van der Waals surface area contributed by atoms with Crippen LogP contribution in [-0.4, -0.2) is 10.1 Å². The van der Waals surface area contributed by atoms with E-state index in [0.717, 1.165) is 16.1 Å². The van der Waals surface area contributed by atoms with Gasteiger partial charge >= 0.3 is 0 Å². The molecule has 0 spiro atoms. The van der Waals surface area contributed by atoms with E-state index in [9.17, 15) is 0 Å². The van der Waals surface area contributed by atoms with Crippen molar-refractivity contribution in [3.63, 3.8) is 0 Å². The van der Waals surface area contributed by atoms with E-state index < -0.39 is 0 Å². The van der Waals surface area contributed by atoms with Gasteiger partial charge in [0.15, 0.2) is 0 Å². The molecule has 0 saturated heterocycles. The van der Waals surface area contributed by atoms with E-state index in [2.05, 4.69) is 4.98 Å². The average molecular weight is 191 g/mol. The lowest BCUT2D eigenvalue weighted by Crippen LogP contribution is -1.85. The molecule has 2 nitrogen and oxygen atoms in total. The smallest absolute Gasteiger partial charge is 0.0805 e. The van der Waals surface area contributed by atoms with Crippen LogP contribution in [0.25, 0.3) is 10.6 Å². The van der Waals surface area contributed by atoms with Gasteiger partial charge in [0, 0.05) is 6.20 Å². The highest BCUT2D eigenvalue weighted by Crippen LogP contribution is 2.22. The van der Waals surface area contributed by atoms with Gasteiger partial charge in [0.2, 0.25) is 0 Å². The summed E-state index contributed by atoms with van der Waals surface area (Å²) in [4.78, 5) is 5.36. The van der Waals surface area contributed by atoms with Crippen LogP contribution in [0, 0.1) is 0 Å². The number of rotatable bonds is 2. The summed E-state index contributed by atoms with van der Waals surface area (Å²) < 4.78 is 0. The van der Waals surface area contributed by atoms with E-state index in [1.165, 1.54) is 0 Å². The van der Waals surface area contributed by atoms with Crippen molar-refractivity contribution in [2.24, 2.45) is 0 Å². The number of thiophene rings is 1. The third-order valence-corrected chi connectivity index (χ3v) is 2.67. The van der Waals surface area contributed by atoms with Crippen LogP contribution in [0.2, 0.25) is 0 Å². The maximum Gasteiger partial charge on any atom is 0.0805 e. The van der Waals surface area contributed by atoms with Crippen molar-refractivity contribution in [3.05, 3.63) is 41.4 Å². The van der Waals surface area contributed by atoms with Crippen LogP contribution in [0.5, 0.6) is 0 Å². The molecule has 13 heavy (non-hydrogen) atoms. The number of hydrogen-bond donors (Lipinski definition) is 1. The second kappa shape index (κ2) is 3.68. The lowest BCUT2D eigenvalue weighted by atomic mass is 10.2. The number of nitrogens with zero attached hydrogens (tertiary/aromatic N) is 1. The average Bonchev–Trinajstić information content (AvgIpc) is 2.71. The van der Waals surface area contributed by atoms with Crippen LogP contribution in [-0.2, 0) is 6.61 Å². The molecule has 2 aromatic heterocycles. The van der Waals surface area contributed by atoms with E-state index in [-0.39, 0.29) is 6.61 Å². The largest absolute Gasteiger partial charge is 0.392 e. The highest BCUT2D eigenvalue weighted by molar-refractivity contribution is 7.13. The van der Waals surface area contributed by atoms with Crippen molar-refractivity contribution in [2.75, 3.05) is 0 Å². The minimum Gasteiger partial charge on any atom is -0.392 e. The first-order chi connectivity index (χ1) is 6.40. The molecular weight excluding hydrogens is 182 g/mol. The third kappa shape index (κ3) is 1.76. The van der Waals surface area contributed by atoms with Crippen LogP contribution in [0.3, 0.4) is 0 Å². The Morgan fingerprint density at radius 2 is 2.31 bits per heavy atom. The molecule has 1 N–H and O–H groups in total. The van der Waals surface area contributed by atoms with Gasteiger partial charge < -0.3 is 5.11 Å². The molecule has 0 fully saturated rings. The van der Waals surface area contributed by atoms with Crippen molar-refractivity contribution in [1.29, 1.82) is 0 Å². The van der Waals surface area contributed by atoms with Crippen LogP contribution in [0.4, 0.5) is 0 Å². The highest BCUT2D eigenvalue weighted by Gasteiger charge is 2.00. The first kappa shape index (κ1) is 8.41. The van der Waals surface area contributed by atoms with Crippen LogP contribution >= 0.6 is 11.3 Å². The molecule has 0 radical (unpaired) electrons. The fourth-order valence-corrected chi connectivity index (χ4v) is 1.82. The summed E-state index contributed by atoms with van der Waals surface area (Å²) in [5.74, 6) is 0. The van der Waals surface area contributed by atoms with Crippen LogP contribution in [0.15, 0.2) is 35.8 Å². The zero-order valence-corrected chi connectivity index (χ0v) is 7.79. The summed E-state index contributed by atoms with van der Waals surface area (Å²) >= 11 is 1.65. The molecule has 0 aromatic carbocycles. The van der Waals surface area contributed by atoms with Crippen molar-refractivity contribution in [3.8, 4) is 10.6 Å². The van der Waals surface area contributed by atoms with E-state index in [1.807, 2.05) is 29.6 Å². The zero-order chi connectivity index (χ0) is 9.10. The Hall–Kier alpha value is -1.19. The molecule has 2 heterocycles. The molecule has 0 aliphatic heterocycles. The lowest BCUT2D eigenvalue weighted by molar-refractivity contribution is 0.282. The molecular formula is C10H9NOS. The molecule has 0 saturated carbocycles. The van der Waals surface area contributed by atoms with E-state index >= 15 is 0 Å². The van der Waals surface area contributed by atoms with Crippen molar-refractivity contribution >= 4 is 11.3 Å². The monoisotopic (exact) mass is 191 g/mol.